The van der Waals surface area contributed by atoms with Gasteiger partial charge in [-0.2, -0.15) is 0 Å². The van der Waals surface area contributed by atoms with Crippen LogP contribution in [0.3, 0.4) is 0 Å². The predicted molar refractivity (Wildman–Crippen MR) is 228 cm³/mol. The van der Waals surface area contributed by atoms with Crippen molar-refractivity contribution in [3.63, 3.8) is 0 Å². The molecule has 1 fully saturated rings. The molecule has 3 aromatic heterocycles. The number of ether oxygens (including phenoxy) is 2. The number of fused-ring (bicyclic) bond motifs is 8. The van der Waals surface area contributed by atoms with Gasteiger partial charge in [0, 0.05) is 68.7 Å². The van der Waals surface area contributed by atoms with Gasteiger partial charge in [0.2, 0.25) is 11.8 Å². The molecule has 6 bridgehead atoms. The summed E-state index contributed by atoms with van der Waals surface area (Å²) in [5.41, 5.74) is 11.3. The third-order valence-corrected chi connectivity index (χ3v) is 12.0. The number of hydrazine groups is 1. The number of aryl methyl sites for hydroxylation is 1. The minimum Gasteiger partial charge on any atom is -0.464 e. The zero-order chi connectivity index (χ0) is 43.0. The Morgan fingerprint density at radius 3 is 2.62 bits per heavy atom. The molecule has 2 aromatic carbocycles. The smallest absolute Gasteiger partial charge is 0.324 e. The molecule has 0 unspecified atom stereocenters. The monoisotopic (exact) mass is 819 g/mol. The number of likely N-dealkylation sites (N-methyl/N-ethyl adjacent to an activating group) is 1. The lowest BCUT2D eigenvalue weighted by atomic mass is 9.84. The van der Waals surface area contributed by atoms with Crippen LogP contribution < -0.4 is 10.7 Å². The first-order valence-electron chi connectivity index (χ1n) is 20.9. The number of aromatic amines is 1. The van der Waals surface area contributed by atoms with Gasteiger partial charge in [-0.1, -0.05) is 39.0 Å². The van der Waals surface area contributed by atoms with E-state index in [4.69, 9.17) is 14.5 Å². The number of nitrogens with zero attached hydrogens (tertiary/aromatic N) is 6. The van der Waals surface area contributed by atoms with Gasteiger partial charge in [0.05, 0.1) is 29.6 Å². The van der Waals surface area contributed by atoms with Gasteiger partial charge >= 0.3 is 5.97 Å². The Bertz CT molecular complexity index is 2440. The lowest BCUT2D eigenvalue weighted by molar-refractivity contribution is -0.155. The Labute approximate surface area is 350 Å². The molecule has 1 saturated heterocycles. The quantitative estimate of drug-likeness (QED) is 0.169. The number of benzene rings is 2. The van der Waals surface area contributed by atoms with Gasteiger partial charge in [-0.25, -0.2) is 5.43 Å². The Morgan fingerprint density at radius 1 is 1.12 bits per heavy atom. The topological polar surface area (TPSA) is 177 Å². The summed E-state index contributed by atoms with van der Waals surface area (Å²) in [6.07, 6.45) is 3.18. The summed E-state index contributed by atoms with van der Waals surface area (Å²) in [4.78, 5) is 61.3. The van der Waals surface area contributed by atoms with E-state index in [9.17, 15) is 19.2 Å². The molecule has 5 aromatic rings. The third kappa shape index (κ3) is 8.24. The molecule has 7 rings (SSSR count). The summed E-state index contributed by atoms with van der Waals surface area (Å²) in [6.45, 7) is 14.6. The molecule has 5 heterocycles. The van der Waals surface area contributed by atoms with Crippen LogP contribution in [0.25, 0.3) is 44.3 Å². The number of pyridine rings is 1. The van der Waals surface area contributed by atoms with Crippen LogP contribution in [-0.4, -0.2) is 104 Å². The number of carbonyl (C=O) groups is 4. The first-order valence-corrected chi connectivity index (χ1v) is 20.9. The van der Waals surface area contributed by atoms with Crippen LogP contribution in [0.5, 0.6) is 0 Å². The molecule has 3 amide bonds. The molecule has 318 valence electrons. The van der Waals surface area contributed by atoms with Gasteiger partial charge in [-0.3, -0.25) is 34.3 Å². The zero-order valence-electron chi connectivity index (χ0n) is 36.1. The van der Waals surface area contributed by atoms with E-state index in [1.807, 2.05) is 39.0 Å². The number of hydrogen-bond donors (Lipinski definition) is 3. The maximum absolute atomic E-state index is 14.6. The molecular formula is C45H57N9O6. The maximum Gasteiger partial charge on any atom is 0.324 e. The van der Waals surface area contributed by atoms with E-state index < -0.39 is 41.3 Å². The molecule has 2 aliphatic heterocycles. The van der Waals surface area contributed by atoms with Gasteiger partial charge in [-0.15, -0.1) is 5.10 Å². The number of amides is 3. The SMILES string of the molecule is CCn1c(-c2cccnc2[C@H](C)OC)c2c3cc(ccc31)-c1cc(c3nn[nH]c3c1)C[C@H](NC(=O)[C@H](C(C)C)N(C)C(C)=O)C(=O)N1CCC[C@H](N1)C(=O)OCC(C)(C)C2. The number of nitrogens with one attached hydrogen (secondary N) is 3. The van der Waals surface area contributed by atoms with Crippen molar-refractivity contribution in [2.75, 3.05) is 27.3 Å². The number of aromatic nitrogens is 5. The summed E-state index contributed by atoms with van der Waals surface area (Å²) in [5, 5.41) is 17.1. The second-order valence-electron chi connectivity index (χ2n) is 17.3. The van der Waals surface area contributed by atoms with E-state index >= 15 is 0 Å². The highest BCUT2D eigenvalue weighted by Crippen LogP contribution is 2.42. The maximum atomic E-state index is 14.6. The molecule has 0 saturated carbocycles. The van der Waals surface area contributed by atoms with E-state index in [1.165, 1.54) is 16.8 Å². The summed E-state index contributed by atoms with van der Waals surface area (Å²) >= 11 is 0. The average molecular weight is 820 g/mol. The van der Waals surface area contributed by atoms with E-state index in [1.54, 1.807) is 20.4 Å². The zero-order valence-corrected chi connectivity index (χ0v) is 36.1. The van der Waals surface area contributed by atoms with Crippen molar-refractivity contribution >= 4 is 45.6 Å². The number of carbonyl (C=O) groups excluding carboxylic acids is 4. The van der Waals surface area contributed by atoms with Crippen LogP contribution in [0, 0.1) is 11.3 Å². The lowest BCUT2D eigenvalue weighted by Crippen LogP contribution is -2.62. The standard InChI is InChI=1S/C45H57N9O6/c1-10-53-37-16-15-28-20-32(37)33(41(53)31-13-11-17-46-38(31)26(4)59-9)23-45(6,7)24-60-44(58)34-14-12-18-54(50-34)43(57)36(47-42(56)40(25(2)3)52(8)27(5)55)22-30-19-29(28)21-35-39(30)49-51-48-35/h11,13,15-17,19-21,25-26,34,36,40,50H,10,12,14,18,22-24H2,1-9H3,(H,47,56)(H,48,49,51)/t26-,34-,36-,40-/m0/s1. The fourth-order valence-electron chi connectivity index (χ4n) is 8.82. The van der Waals surface area contributed by atoms with Crippen molar-refractivity contribution < 1.29 is 28.7 Å². The first kappa shape index (κ1) is 42.5. The van der Waals surface area contributed by atoms with Crippen molar-refractivity contribution in [3.8, 4) is 22.4 Å². The van der Waals surface area contributed by atoms with E-state index in [2.05, 4.69) is 75.8 Å². The number of esters is 1. The number of H-pyrrole nitrogens is 1. The van der Waals surface area contributed by atoms with Crippen molar-refractivity contribution in [2.45, 2.75) is 105 Å². The van der Waals surface area contributed by atoms with Gasteiger partial charge < -0.3 is 24.3 Å². The molecule has 15 heteroatoms. The Balaban J connectivity index is 1.43. The second-order valence-corrected chi connectivity index (χ2v) is 17.3. The molecule has 4 atom stereocenters. The minimum atomic E-state index is -1.09. The highest BCUT2D eigenvalue weighted by molar-refractivity contribution is 5.97. The molecule has 60 heavy (non-hydrogen) atoms. The van der Waals surface area contributed by atoms with Crippen LogP contribution in [0.1, 0.15) is 84.2 Å². The predicted octanol–water partition coefficient (Wildman–Crippen LogP) is 5.52. The van der Waals surface area contributed by atoms with Crippen LogP contribution >= 0.6 is 0 Å². The highest BCUT2D eigenvalue weighted by Gasteiger charge is 2.38. The molecule has 0 aliphatic carbocycles. The molecule has 0 radical (unpaired) electrons. The van der Waals surface area contributed by atoms with Gasteiger partial charge in [0.1, 0.15) is 23.6 Å². The molecule has 2 aliphatic rings. The summed E-state index contributed by atoms with van der Waals surface area (Å²) < 4.78 is 14.2. The summed E-state index contributed by atoms with van der Waals surface area (Å²) in [5.74, 6) is -1.85. The van der Waals surface area contributed by atoms with Crippen molar-refractivity contribution in [1.82, 2.24) is 45.6 Å². The number of cyclic esters (lactones) is 1. The van der Waals surface area contributed by atoms with Crippen LogP contribution in [0.15, 0.2) is 48.7 Å². The minimum absolute atomic E-state index is 0.0584. The number of hydrogen-bond acceptors (Lipinski definition) is 10. The molecular weight excluding hydrogens is 763 g/mol. The second kappa shape index (κ2) is 17.1. The van der Waals surface area contributed by atoms with Crippen LogP contribution in [-0.2, 0) is 48.0 Å². The fourth-order valence-corrected chi connectivity index (χ4v) is 8.82. The van der Waals surface area contributed by atoms with Gasteiger partial charge in [-0.05, 0) is 97.7 Å². The highest BCUT2D eigenvalue weighted by atomic mass is 16.5. The van der Waals surface area contributed by atoms with Crippen LogP contribution in [0.2, 0.25) is 0 Å². The summed E-state index contributed by atoms with van der Waals surface area (Å²) in [7, 11) is 3.27. The van der Waals surface area contributed by atoms with E-state index in [-0.39, 0.29) is 31.0 Å². The Morgan fingerprint density at radius 2 is 1.90 bits per heavy atom. The lowest BCUT2D eigenvalue weighted by Gasteiger charge is -2.36. The van der Waals surface area contributed by atoms with Crippen molar-refractivity contribution in [3.05, 3.63) is 65.5 Å². The molecule has 15 nitrogen and oxygen atoms in total. The average Bonchev–Trinajstić information content (AvgIpc) is 3.83. The number of rotatable bonds is 8. The Kier molecular flexibility index (Phi) is 12.1. The molecule has 0 spiro atoms. The van der Waals surface area contributed by atoms with Gasteiger partial charge in [0.25, 0.3) is 5.91 Å². The van der Waals surface area contributed by atoms with Crippen molar-refractivity contribution in [2.24, 2.45) is 11.3 Å². The van der Waals surface area contributed by atoms with Crippen molar-refractivity contribution in [1.29, 1.82) is 0 Å². The first-order chi connectivity index (χ1) is 28.6. The van der Waals surface area contributed by atoms with Crippen LogP contribution in [0.4, 0.5) is 0 Å². The van der Waals surface area contributed by atoms with E-state index in [0.717, 1.165) is 44.5 Å². The fraction of sp³-hybridized carbons (Fsp3) is 0.489. The molecule has 3 N–H and O–H groups in total. The van der Waals surface area contributed by atoms with Gasteiger partial charge in [0.15, 0.2) is 0 Å². The normalized spacial score (nSPS) is 19.5. The number of methoxy groups -OCH3 is 1. The Hall–Kier alpha value is -5.67. The summed E-state index contributed by atoms with van der Waals surface area (Å²) in [6, 6.07) is 11.8. The third-order valence-electron chi connectivity index (χ3n) is 12.0. The van der Waals surface area contributed by atoms with E-state index in [0.29, 0.717) is 48.9 Å². The largest absolute Gasteiger partial charge is 0.464 e.